The molecule has 2 rings (SSSR count). The molecular weight excluding hydrogens is 368 g/mol. The average Bonchev–Trinajstić information content (AvgIpc) is 2.71. The van der Waals surface area contributed by atoms with Gasteiger partial charge in [-0.1, -0.05) is 19.9 Å². The Labute approximate surface area is 175 Å². The lowest BCUT2D eigenvalue weighted by Crippen LogP contribution is -2.35. The van der Waals surface area contributed by atoms with Crippen LogP contribution < -0.4 is 10.6 Å². The third-order valence-electron chi connectivity index (χ3n) is 4.78. The number of unbranched alkanes of at least 4 members (excludes halogenated alkanes) is 1. The van der Waals surface area contributed by atoms with Gasteiger partial charge in [-0.05, 0) is 63.2 Å². The highest BCUT2D eigenvalue weighted by Gasteiger charge is 2.11. The zero-order valence-corrected chi connectivity index (χ0v) is 18.3. The number of carbonyl (C=O) groups is 2. The Balaban J connectivity index is 0.00000204. The second kappa shape index (κ2) is 14.8. The van der Waals surface area contributed by atoms with E-state index < -0.39 is 5.97 Å². The fourth-order valence-corrected chi connectivity index (χ4v) is 3.33. The molecule has 164 valence electrons. The van der Waals surface area contributed by atoms with Gasteiger partial charge in [-0.2, -0.15) is 0 Å². The lowest BCUT2D eigenvalue weighted by Gasteiger charge is -2.22. The topological polar surface area (TPSA) is 94.6 Å². The number of nitrogens with one attached hydrogen (secondary N) is 2. The van der Waals surface area contributed by atoms with Gasteiger partial charge in [0.15, 0.2) is 0 Å². The molecule has 1 aromatic heterocycles. The molecule has 0 atom stereocenters. The number of hydrogen-bond donors (Lipinski definition) is 3. The quantitative estimate of drug-likeness (QED) is 0.462. The van der Waals surface area contributed by atoms with Gasteiger partial charge in [-0.3, -0.25) is 9.59 Å². The summed E-state index contributed by atoms with van der Waals surface area (Å²) < 4.78 is 0. The second-order valence-corrected chi connectivity index (χ2v) is 7.12. The van der Waals surface area contributed by atoms with Crippen molar-refractivity contribution in [3.63, 3.8) is 0 Å². The Morgan fingerprint density at radius 1 is 1.17 bits per heavy atom. The zero-order valence-electron chi connectivity index (χ0n) is 18.3. The van der Waals surface area contributed by atoms with E-state index in [2.05, 4.69) is 27.7 Å². The Hall–Kier alpha value is -2.15. The van der Waals surface area contributed by atoms with Gasteiger partial charge in [0.1, 0.15) is 5.82 Å². The van der Waals surface area contributed by atoms with E-state index in [4.69, 9.17) is 10.1 Å². The molecule has 1 aromatic rings. The van der Waals surface area contributed by atoms with Gasteiger partial charge in [0.05, 0.1) is 0 Å². The number of nitrogens with zero attached hydrogens (tertiary/aromatic N) is 2. The van der Waals surface area contributed by atoms with Crippen LogP contribution in [0.15, 0.2) is 12.1 Å². The second-order valence-electron chi connectivity index (χ2n) is 7.12. The van der Waals surface area contributed by atoms with E-state index in [-0.39, 0.29) is 12.3 Å². The van der Waals surface area contributed by atoms with Crippen LogP contribution in [-0.4, -0.2) is 59.6 Å². The molecule has 2 heterocycles. The van der Waals surface area contributed by atoms with Gasteiger partial charge in [0.25, 0.3) is 0 Å². The Kier molecular flexibility index (Phi) is 12.7. The molecule has 0 aromatic carbocycles. The van der Waals surface area contributed by atoms with Crippen molar-refractivity contribution in [3.05, 3.63) is 23.4 Å². The molecule has 0 aliphatic carbocycles. The Morgan fingerprint density at radius 3 is 2.66 bits per heavy atom. The van der Waals surface area contributed by atoms with Crippen LogP contribution in [0.3, 0.4) is 0 Å². The highest BCUT2D eigenvalue weighted by Crippen LogP contribution is 2.20. The SMILES string of the molecule is CC.CC(=O)NCCN(CCCCc1ccc2c(n1)NCCC2)CCCC(=O)O. The smallest absolute Gasteiger partial charge is 0.303 e. The lowest BCUT2D eigenvalue weighted by molar-refractivity contribution is -0.137. The molecule has 3 N–H and O–H groups in total. The number of amides is 1. The van der Waals surface area contributed by atoms with Crippen molar-refractivity contribution in [2.45, 2.75) is 65.7 Å². The molecule has 0 fully saturated rings. The first-order valence-corrected chi connectivity index (χ1v) is 11.0. The maximum Gasteiger partial charge on any atom is 0.303 e. The predicted molar refractivity (Wildman–Crippen MR) is 117 cm³/mol. The van der Waals surface area contributed by atoms with Crippen molar-refractivity contribution in [1.29, 1.82) is 0 Å². The first-order chi connectivity index (χ1) is 14.0. The van der Waals surface area contributed by atoms with Gasteiger partial charge in [-0.25, -0.2) is 4.98 Å². The van der Waals surface area contributed by atoms with E-state index >= 15 is 0 Å². The molecule has 7 heteroatoms. The predicted octanol–water partition coefficient (Wildman–Crippen LogP) is 3.09. The maximum atomic E-state index is 11.0. The van der Waals surface area contributed by atoms with Crippen LogP contribution in [0.1, 0.15) is 64.1 Å². The standard InChI is InChI=1S/C20H32N4O3.C2H6/c1-16(25)21-12-15-24(14-5-8-19(26)27)13-3-2-7-18-10-9-17-6-4-11-22-20(17)23-18;1-2/h9-10H,2-8,11-15H2,1H3,(H,21,25)(H,22,23)(H,26,27);1-2H3. The van der Waals surface area contributed by atoms with Crippen LogP contribution in [0, 0.1) is 0 Å². The average molecular weight is 407 g/mol. The summed E-state index contributed by atoms with van der Waals surface area (Å²) in [5, 5.41) is 15.0. The number of aromatic nitrogens is 1. The number of rotatable bonds is 12. The number of carbonyl (C=O) groups excluding carboxylic acids is 1. The van der Waals surface area contributed by atoms with E-state index in [9.17, 15) is 9.59 Å². The van der Waals surface area contributed by atoms with Gasteiger partial charge >= 0.3 is 5.97 Å². The molecular formula is C22H38N4O3. The molecule has 0 saturated heterocycles. The van der Waals surface area contributed by atoms with Crippen molar-refractivity contribution in [3.8, 4) is 0 Å². The van der Waals surface area contributed by atoms with Gasteiger partial charge in [0.2, 0.25) is 5.91 Å². The molecule has 29 heavy (non-hydrogen) atoms. The number of hydrogen-bond acceptors (Lipinski definition) is 5. The number of aryl methyl sites for hydroxylation is 2. The largest absolute Gasteiger partial charge is 0.481 e. The van der Waals surface area contributed by atoms with E-state index in [0.29, 0.717) is 13.0 Å². The summed E-state index contributed by atoms with van der Waals surface area (Å²) in [6.45, 7) is 9.51. The number of aliphatic carboxylic acids is 1. The summed E-state index contributed by atoms with van der Waals surface area (Å²) in [7, 11) is 0. The molecule has 0 spiro atoms. The highest BCUT2D eigenvalue weighted by molar-refractivity contribution is 5.72. The van der Waals surface area contributed by atoms with Crippen molar-refractivity contribution < 1.29 is 14.7 Å². The summed E-state index contributed by atoms with van der Waals surface area (Å²) in [4.78, 5) is 28.7. The lowest BCUT2D eigenvalue weighted by atomic mass is 10.1. The fourth-order valence-electron chi connectivity index (χ4n) is 3.33. The minimum Gasteiger partial charge on any atom is -0.481 e. The Bertz CT molecular complexity index is 602. The minimum atomic E-state index is -0.760. The summed E-state index contributed by atoms with van der Waals surface area (Å²) >= 11 is 0. The molecule has 0 radical (unpaired) electrons. The number of carboxylic acids is 1. The first kappa shape index (κ1) is 24.9. The van der Waals surface area contributed by atoms with E-state index in [1.807, 2.05) is 13.8 Å². The minimum absolute atomic E-state index is 0.0346. The van der Waals surface area contributed by atoms with Crippen molar-refractivity contribution >= 4 is 17.7 Å². The number of carboxylic acid groups (broad SMARTS) is 1. The molecule has 1 amide bonds. The number of pyridine rings is 1. The number of fused-ring (bicyclic) bond motifs is 1. The fraction of sp³-hybridized carbons (Fsp3) is 0.682. The third-order valence-corrected chi connectivity index (χ3v) is 4.78. The normalized spacial score (nSPS) is 12.4. The van der Waals surface area contributed by atoms with E-state index in [1.165, 1.54) is 18.9 Å². The summed E-state index contributed by atoms with van der Waals surface area (Å²) in [5.41, 5.74) is 2.44. The van der Waals surface area contributed by atoms with Gasteiger partial charge in [-0.15, -0.1) is 0 Å². The van der Waals surface area contributed by atoms with Crippen molar-refractivity contribution in [2.75, 3.05) is 38.0 Å². The molecule has 0 saturated carbocycles. The third kappa shape index (κ3) is 10.8. The molecule has 0 bridgehead atoms. The van der Waals surface area contributed by atoms with Crippen LogP contribution in [0.25, 0.3) is 0 Å². The van der Waals surface area contributed by atoms with Gasteiger partial charge in [0, 0.05) is 38.7 Å². The van der Waals surface area contributed by atoms with Crippen molar-refractivity contribution in [2.24, 2.45) is 0 Å². The van der Waals surface area contributed by atoms with Crippen LogP contribution >= 0.6 is 0 Å². The summed E-state index contributed by atoms with van der Waals surface area (Å²) in [5.74, 6) is 0.251. The zero-order chi connectivity index (χ0) is 21.5. The summed E-state index contributed by atoms with van der Waals surface area (Å²) in [6.07, 6.45) is 6.11. The van der Waals surface area contributed by atoms with E-state index in [0.717, 1.165) is 63.4 Å². The molecule has 7 nitrogen and oxygen atoms in total. The van der Waals surface area contributed by atoms with Crippen molar-refractivity contribution in [1.82, 2.24) is 15.2 Å². The summed E-state index contributed by atoms with van der Waals surface area (Å²) in [6, 6.07) is 4.32. The first-order valence-electron chi connectivity index (χ1n) is 11.0. The number of anilines is 1. The molecule has 0 unspecified atom stereocenters. The van der Waals surface area contributed by atoms with Gasteiger partial charge < -0.3 is 20.6 Å². The van der Waals surface area contributed by atoms with Crippen LogP contribution in [0.2, 0.25) is 0 Å². The van der Waals surface area contributed by atoms with Crippen LogP contribution in [-0.2, 0) is 22.4 Å². The molecule has 1 aliphatic heterocycles. The highest BCUT2D eigenvalue weighted by atomic mass is 16.4. The maximum absolute atomic E-state index is 11.0. The monoisotopic (exact) mass is 406 g/mol. The molecule has 1 aliphatic rings. The van der Waals surface area contributed by atoms with Crippen LogP contribution in [0.5, 0.6) is 0 Å². The van der Waals surface area contributed by atoms with E-state index in [1.54, 1.807) is 0 Å². The van der Waals surface area contributed by atoms with Crippen LogP contribution in [0.4, 0.5) is 5.82 Å². The Morgan fingerprint density at radius 2 is 1.93 bits per heavy atom.